The molecule has 0 rings (SSSR count). The Morgan fingerprint density at radius 1 is 1.42 bits per heavy atom. The first kappa shape index (κ1) is 11.9. The summed E-state index contributed by atoms with van der Waals surface area (Å²) < 4.78 is 0. The van der Waals surface area contributed by atoms with Gasteiger partial charge in [-0.15, -0.1) is 0 Å². The van der Waals surface area contributed by atoms with Gasteiger partial charge in [-0.3, -0.25) is 4.90 Å². The molecule has 0 aliphatic carbocycles. The van der Waals surface area contributed by atoms with Crippen LogP contribution in [0.5, 0.6) is 0 Å². The summed E-state index contributed by atoms with van der Waals surface area (Å²) in [6, 6.07) is 0.754. The lowest BCUT2D eigenvalue weighted by molar-refractivity contribution is 0.167. The van der Waals surface area contributed by atoms with E-state index in [0.717, 1.165) is 13.1 Å². The highest BCUT2D eigenvalue weighted by Gasteiger charge is 2.12. The van der Waals surface area contributed by atoms with Crippen molar-refractivity contribution in [2.24, 2.45) is 0 Å². The molecule has 1 atom stereocenters. The van der Waals surface area contributed by atoms with Crippen molar-refractivity contribution < 1.29 is 5.11 Å². The molecule has 0 fully saturated rings. The van der Waals surface area contributed by atoms with E-state index in [9.17, 15) is 0 Å². The molecular weight excluding hydrogens is 152 g/mol. The van der Waals surface area contributed by atoms with Crippen LogP contribution in [-0.4, -0.2) is 48.8 Å². The fourth-order valence-corrected chi connectivity index (χ4v) is 1.23. The van der Waals surface area contributed by atoms with Gasteiger partial charge in [-0.1, -0.05) is 6.92 Å². The summed E-state index contributed by atoms with van der Waals surface area (Å²) in [5.41, 5.74) is 0. The van der Waals surface area contributed by atoms with Crippen molar-refractivity contribution >= 4 is 0 Å². The van der Waals surface area contributed by atoms with Gasteiger partial charge >= 0.3 is 0 Å². The summed E-state index contributed by atoms with van der Waals surface area (Å²) in [5.74, 6) is 0. The summed E-state index contributed by atoms with van der Waals surface area (Å²) in [6.07, 6.45) is 0. The van der Waals surface area contributed by atoms with Crippen molar-refractivity contribution in [1.82, 2.24) is 10.2 Å². The van der Waals surface area contributed by atoms with Crippen molar-refractivity contribution in [1.29, 1.82) is 0 Å². The fourth-order valence-electron chi connectivity index (χ4n) is 1.23. The molecule has 3 heteroatoms. The monoisotopic (exact) mass is 174 g/mol. The Bertz CT molecular complexity index is 103. The number of hydrogen-bond acceptors (Lipinski definition) is 3. The van der Waals surface area contributed by atoms with Crippen LogP contribution in [0.4, 0.5) is 0 Å². The Morgan fingerprint density at radius 3 is 2.25 bits per heavy atom. The molecule has 74 valence electrons. The number of aliphatic hydroxyl groups excluding tert-OH is 1. The van der Waals surface area contributed by atoms with Gasteiger partial charge in [0.05, 0.1) is 6.61 Å². The molecule has 0 bridgehead atoms. The SMILES string of the molecule is CCN(CC(CO)NC)C(C)C. The number of hydrogen-bond donors (Lipinski definition) is 2. The van der Waals surface area contributed by atoms with Crippen LogP contribution < -0.4 is 5.32 Å². The molecule has 3 nitrogen and oxygen atoms in total. The van der Waals surface area contributed by atoms with E-state index in [1.165, 1.54) is 0 Å². The van der Waals surface area contributed by atoms with Crippen LogP contribution in [0, 0.1) is 0 Å². The highest BCUT2D eigenvalue weighted by molar-refractivity contribution is 4.70. The molecule has 0 heterocycles. The van der Waals surface area contributed by atoms with E-state index >= 15 is 0 Å². The first-order chi connectivity index (χ1) is 5.65. The van der Waals surface area contributed by atoms with Gasteiger partial charge in [0.1, 0.15) is 0 Å². The summed E-state index contributed by atoms with van der Waals surface area (Å²) in [4.78, 5) is 2.33. The predicted molar refractivity (Wildman–Crippen MR) is 52.3 cm³/mol. The Hall–Kier alpha value is -0.120. The first-order valence-corrected chi connectivity index (χ1v) is 4.67. The smallest absolute Gasteiger partial charge is 0.0597 e. The molecule has 0 radical (unpaired) electrons. The van der Waals surface area contributed by atoms with Gasteiger partial charge < -0.3 is 10.4 Å². The van der Waals surface area contributed by atoms with E-state index < -0.39 is 0 Å². The third kappa shape index (κ3) is 4.04. The number of nitrogens with one attached hydrogen (secondary N) is 1. The molecule has 12 heavy (non-hydrogen) atoms. The molecule has 2 N–H and O–H groups in total. The summed E-state index contributed by atoms with van der Waals surface area (Å²) >= 11 is 0. The largest absolute Gasteiger partial charge is 0.395 e. The molecular formula is C9H22N2O. The molecule has 0 amide bonds. The van der Waals surface area contributed by atoms with Crippen molar-refractivity contribution in [3.05, 3.63) is 0 Å². The standard InChI is InChI=1S/C9H22N2O/c1-5-11(8(2)3)6-9(7-12)10-4/h8-10,12H,5-7H2,1-4H3. The third-order valence-corrected chi connectivity index (χ3v) is 2.22. The molecule has 0 aromatic carbocycles. The van der Waals surface area contributed by atoms with E-state index in [1.54, 1.807) is 0 Å². The minimum atomic E-state index is 0.201. The van der Waals surface area contributed by atoms with Crippen molar-refractivity contribution in [2.45, 2.75) is 32.9 Å². The van der Waals surface area contributed by atoms with E-state index in [0.29, 0.717) is 6.04 Å². The van der Waals surface area contributed by atoms with Crippen LogP contribution in [0.15, 0.2) is 0 Å². The lowest BCUT2D eigenvalue weighted by Crippen LogP contribution is -2.44. The number of aliphatic hydroxyl groups is 1. The van der Waals surface area contributed by atoms with Gasteiger partial charge in [0.25, 0.3) is 0 Å². The quantitative estimate of drug-likeness (QED) is 0.608. The molecule has 0 saturated heterocycles. The van der Waals surface area contributed by atoms with Gasteiger partial charge in [-0.05, 0) is 27.4 Å². The normalized spacial score (nSPS) is 14.2. The Morgan fingerprint density at radius 2 is 2.00 bits per heavy atom. The average Bonchev–Trinajstić information content (AvgIpc) is 2.06. The lowest BCUT2D eigenvalue weighted by Gasteiger charge is -2.28. The van der Waals surface area contributed by atoms with E-state index in [-0.39, 0.29) is 12.6 Å². The minimum absolute atomic E-state index is 0.201. The van der Waals surface area contributed by atoms with E-state index in [1.807, 2.05) is 7.05 Å². The summed E-state index contributed by atoms with van der Waals surface area (Å²) in [5, 5.41) is 12.0. The van der Waals surface area contributed by atoms with Gasteiger partial charge in [-0.2, -0.15) is 0 Å². The Labute approximate surface area is 75.8 Å². The van der Waals surface area contributed by atoms with E-state index in [4.69, 9.17) is 5.11 Å². The molecule has 0 aliphatic heterocycles. The van der Waals surface area contributed by atoms with Crippen LogP contribution >= 0.6 is 0 Å². The van der Waals surface area contributed by atoms with Crippen LogP contribution in [0.25, 0.3) is 0 Å². The maximum Gasteiger partial charge on any atom is 0.0597 e. The highest BCUT2D eigenvalue weighted by atomic mass is 16.3. The maximum absolute atomic E-state index is 8.96. The van der Waals surface area contributed by atoms with Crippen LogP contribution in [0.2, 0.25) is 0 Å². The minimum Gasteiger partial charge on any atom is -0.395 e. The zero-order valence-electron chi connectivity index (χ0n) is 8.67. The highest BCUT2D eigenvalue weighted by Crippen LogP contribution is 1.98. The number of rotatable bonds is 6. The van der Waals surface area contributed by atoms with Gasteiger partial charge in [0.2, 0.25) is 0 Å². The van der Waals surface area contributed by atoms with Crippen molar-refractivity contribution in [3.8, 4) is 0 Å². The molecule has 0 saturated carbocycles. The average molecular weight is 174 g/mol. The number of nitrogens with zero attached hydrogens (tertiary/aromatic N) is 1. The van der Waals surface area contributed by atoms with Crippen LogP contribution in [0.3, 0.4) is 0 Å². The second kappa shape index (κ2) is 6.40. The molecule has 0 aromatic heterocycles. The van der Waals surface area contributed by atoms with E-state index in [2.05, 4.69) is 31.0 Å². The zero-order chi connectivity index (χ0) is 9.56. The zero-order valence-corrected chi connectivity index (χ0v) is 8.67. The summed E-state index contributed by atoms with van der Waals surface area (Å²) in [6.45, 7) is 8.65. The Kier molecular flexibility index (Phi) is 6.34. The fraction of sp³-hybridized carbons (Fsp3) is 1.00. The predicted octanol–water partition coefficient (Wildman–Crippen LogP) is 0.297. The molecule has 0 spiro atoms. The molecule has 1 unspecified atom stereocenters. The number of likely N-dealkylation sites (N-methyl/N-ethyl adjacent to an activating group) is 2. The van der Waals surface area contributed by atoms with Crippen molar-refractivity contribution in [3.63, 3.8) is 0 Å². The maximum atomic E-state index is 8.96. The van der Waals surface area contributed by atoms with Crippen LogP contribution in [0.1, 0.15) is 20.8 Å². The third-order valence-electron chi connectivity index (χ3n) is 2.22. The lowest BCUT2D eigenvalue weighted by atomic mass is 10.2. The van der Waals surface area contributed by atoms with Gasteiger partial charge in [0.15, 0.2) is 0 Å². The Balaban J connectivity index is 3.82. The second-order valence-electron chi connectivity index (χ2n) is 3.35. The van der Waals surface area contributed by atoms with Gasteiger partial charge in [-0.25, -0.2) is 0 Å². The van der Waals surface area contributed by atoms with Crippen LogP contribution in [-0.2, 0) is 0 Å². The molecule has 0 aliphatic rings. The topological polar surface area (TPSA) is 35.5 Å². The second-order valence-corrected chi connectivity index (χ2v) is 3.35. The molecule has 0 aromatic rings. The first-order valence-electron chi connectivity index (χ1n) is 4.67. The summed E-state index contributed by atoms with van der Waals surface area (Å²) in [7, 11) is 1.88. The van der Waals surface area contributed by atoms with Crippen molar-refractivity contribution in [2.75, 3.05) is 26.7 Å². The van der Waals surface area contributed by atoms with Gasteiger partial charge in [0, 0.05) is 18.6 Å².